The summed E-state index contributed by atoms with van der Waals surface area (Å²) in [5.41, 5.74) is 6.89. The summed E-state index contributed by atoms with van der Waals surface area (Å²) in [5, 5.41) is 3.02. The Morgan fingerprint density at radius 3 is 2.34 bits per heavy atom. The predicted molar refractivity (Wildman–Crippen MR) is 139 cm³/mol. The number of nitrogens with one attached hydrogen (secondary N) is 1. The van der Waals surface area contributed by atoms with Crippen molar-refractivity contribution < 1.29 is 14.3 Å². The lowest BCUT2D eigenvalue weighted by Gasteiger charge is -2.14. The van der Waals surface area contributed by atoms with Crippen molar-refractivity contribution in [3.05, 3.63) is 113 Å². The lowest BCUT2D eigenvalue weighted by Crippen LogP contribution is -2.25. The van der Waals surface area contributed by atoms with Crippen molar-refractivity contribution in [3.63, 3.8) is 0 Å². The van der Waals surface area contributed by atoms with Crippen LogP contribution in [0.2, 0.25) is 0 Å². The van der Waals surface area contributed by atoms with E-state index in [1.54, 1.807) is 13.0 Å². The molecule has 0 spiro atoms. The molecule has 0 atom stereocenters. The fourth-order valence-electron chi connectivity index (χ4n) is 4.14. The number of carbonyl (C=O) groups is 2. The molecular weight excluding hydrogens is 436 g/mol. The third-order valence-corrected chi connectivity index (χ3v) is 6.00. The lowest BCUT2D eigenvalue weighted by atomic mass is 10.1. The molecule has 3 aromatic carbocycles. The van der Waals surface area contributed by atoms with Gasteiger partial charge in [-0.15, -0.1) is 0 Å². The van der Waals surface area contributed by atoms with E-state index in [0.717, 1.165) is 29.1 Å². The van der Waals surface area contributed by atoms with Crippen LogP contribution in [-0.2, 0) is 11.2 Å². The Labute approximate surface area is 206 Å². The highest BCUT2D eigenvalue weighted by molar-refractivity contribution is 5.95. The predicted octanol–water partition coefficient (Wildman–Crippen LogP) is 5.91. The fourth-order valence-corrected chi connectivity index (χ4v) is 4.14. The number of aromatic nitrogens is 1. The number of rotatable bonds is 8. The summed E-state index contributed by atoms with van der Waals surface area (Å²) in [6.45, 7) is 6.61. The van der Waals surface area contributed by atoms with Gasteiger partial charge < -0.3 is 14.6 Å². The Balaban J connectivity index is 1.62. The Bertz CT molecular complexity index is 1320. The number of nitrogens with zero attached hydrogens (tertiary/aromatic N) is 1. The van der Waals surface area contributed by atoms with Gasteiger partial charge in [0.2, 0.25) is 0 Å². The highest BCUT2D eigenvalue weighted by Crippen LogP contribution is 2.30. The van der Waals surface area contributed by atoms with Gasteiger partial charge in [0.1, 0.15) is 0 Å². The van der Waals surface area contributed by atoms with Crippen LogP contribution >= 0.6 is 0 Å². The van der Waals surface area contributed by atoms with Crippen LogP contribution in [-0.4, -0.2) is 29.6 Å². The summed E-state index contributed by atoms with van der Waals surface area (Å²) < 4.78 is 7.29. The minimum Gasteiger partial charge on any atom is -0.462 e. The Hall–Kier alpha value is -4.12. The van der Waals surface area contributed by atoms with E-state index < -0.39 is 0 Å². The molecule has 4 aromatic rings. The average Bonchev–Trinajstić information content (AvgIpc) is 3.23. The third-order valence-electron chi connectivity index (χ3n) is 6.00. The van der Waals surface area contributed by atoms with Crippen molar-refractivity contribution in [1.29, 1.82) is 0 Å². The molecule has 1 aromatic heterocycles. The summed E-state index contributed by atoms with van der Waals surface area (Å²) in [6.07, 6.45) is 0.767. The van der Waals surface area contributed by atoms with E-state index >= 15 is 0 Å². The Morgan fingerprint density at radius 1 is 0.886 bits per heavy atom. The van der Waals surface area contributed by atoms with Crippen molar-refractivity contribution in [3.8, 4) is 16.9 Å². The second-order valence-electron chi connectivity index (χ2n) is 8.49. The van der Waals surface area contributed by atoms with Crippen LogP contribution in [0.3, 0.4) is 0 Å². The second kappa shape index (κ2) is 10.9. The first-order chi connectivity index (χ1) is 17.0. The maximum Gasteiger partial charge on any atom is 0.339 e. The van der Waals surface area contributed by atoms with Crippen molar-refractivity contribution in [2.75, 3.05) is 13.2 Å². The van der Waals surface area contributed by atoms with Crippen LogP contribution in [0, 0.1) is 13.8 Å². The molecule has 178 valence electrons. The van der Waals surface area contributed by atoms with Gasteiger partial charge in [-0.05, 0) is 62.6 Å². The van der Waals surface area contributed by atoms with Gasteiger partial charge in [0, 0.05) is 23.5 Å². The average molecular weight is 467 g/mol. The van der Waals surface area contributed by atoms with E-state index in [4.69, 9.17) is 4.74 Å². The topological polar surface area (TPSA) is 60.3 Å². The van der Waals surface area contributed by atoms with E-state index in [2.05, 4.69) is 36.5 Å². The number of hydrogen-bond donors (Lipinski definition) is 1. The fraction of sp³-hybridized carbons (Fsp3) is 0.200. The molecule has 1 heterocycles. The van der Waals surface area contributed by atoms with Crippen LogP contribution < -0.4 is 5.32 Å². The Kier molecular flexibility index (Phi) is 7.46. The minimum absolute atomic E-state index is 0.129. The van der Waals surface area contributed by atoms with E-state index in [-0.39, 0.29) is 11.9 Å². The maximum absolute atomic E-state index is 12.9. The molecule has 0 unspecified atom stereocenters. The third kappa shape index (κ3) is 5.52. The summed E-state index contributed by atoms with van der Waals surface area (Å²) in [6, 6.07) is 27.5. The van der Waals surface area contributed by atoms with Crippen molar-refractivity contribution in [1.82, 2.24) is 9.88 Å². The molecule has 0 saturated carbocycles. The number of carbonyl (C=O) groups excluding carboxylic acids is 2. The van der Waals surface area contributed by atoms with Crippen molar-refractivity contribution in [2.24, 2.45) is 0 Å². The molecule has 0 saturated heterocycles. The number of amides is 1. The SMILES string of the molecule is CCOC(=O)c1cc(-c2ccccc2)n(-c2cccc(C(=O)NCCc3ccc(C)cc3)c2)c1C. The number of benzene rings is 3. The monoisotopic (exact) mass is 466 g/mol. The van der Waals surface area contributed by atoms with E-state index in [0.29, 0.717) is 24.3 Å². The summed E-state index contributed by atoms with van der Waals surface area (Å²) in [5.74, 6) is -0.485. The first kappa shape index (κ1) is 24.0. The number of aryl methyl sites for hydroxylation is 1. The molecule has 0 aliphatic heterocycles. The molecule has 0 bridgehead atoms. The molecule has 4 rings (SSSR count). The summed E-state index contributed by atoms with van der Waals surface area (Å²) >= 11 is 0. The number of esters is 1. The molecule has 0 radical (unpaired) electrons. The summed E-state index contributed by atoms with van der Waals surface area (Å²) in [7, 11) is 0. The van der Waals surface area contributed by atoms with Gasteiger partial charge in [-0.3, -0.25) is 4.79 Å². The molecule has 0 fully saturated rings. The zero-order valence-corrected chi connectivity index (χ0v) is 20.4. The molecular formula is C30H30N2O3. The molecule has 5 heteroatoms. The van der Waals surface area contributed by atoms with E-state index in [9.17, 15) is 9.59 Å². The Morgan fingerprint density at radius 2 is 1.63 bits per heavy atom. The lowest BCUT2D eigenvalue weighted by molar-refractivity contribution is 0.0525. The quantitative estimate of drug-likeness (QED) is 0.328. The maximum atomic E-state index is 12.9. The first-order valence-corrected chi connectivity index (χ1v) is 11.9. The second-order valence-corrected chi connectivity index (χ2v) is 8.49. The summed E-state index contributed by atoms with van der Waals surface area (Å²) in [4.78, 5) is 25.5. The van der Waals surface area contributed by atoms with Crippen LogP contribution in [0.15, 0.2) is 84.9 Å². The van der Waals surface area contributed by atoms with Crippen LogP contribution in [0.4, 0.5) is 0 Å². The first-order valence-electron chi connectivity index (χ1n) is 11.9. The highest BCUT2D eigenvalue weighted by Gasteiger charge is 2.21. The molecule has 0 aliphatic rings. The highest BCUT2D eigenvalue weighted by atomic mass is 16.5. The van der Waals surface area contributed by atoms with E-state index in [1.165, 1.54) is 11.1 Å². The molecule has 35 heavy (non-hydrogen) atoms. The smallest absolute Gasteiger partial charge is 0.339 e. The standard InChI is InChI=1S/C30H30N2O3/c1-4-35-30(34)27-20-28(24-9-6-5-7-10-24)32(22(27)3)26-12-8-11-25(19-26)29(33)31-18-17-23-15-13-21(2)14-16-23/h5-16,19-20H,4,17-18H2,1-3H3,(H,31,33). The normalized spacial score (nSPS) is 10.7. The minimum atomic E-state index is -0.356. The zero-order chi connectivity index (χ0) is 24.8. The van der Waals surface area contributed by atoms with Crippen LogP contribution in [0.5, 0.6) is 0 Å². The van der Waals surface area contributed by atoms with Gasteiger partial charge in [0.15, 0.2) is 0 Å². The van der Waals surface area contributed by atoms with Gasteiger partial charge in [-0.25, -0.2) is 4.79 Å². The molecule has 5 nitrogen and oxygen atoms in total. The largest absolute Gasteiger partial charge is 0.462 e. The van der Waals surface area contributed by atoms with Crippen molar-refractivity contribution >= 4 is 11.9 Å². The van der Waals surface area contributed by atoms with Gasteiger partial charge >= 0.3 is 5.97 Å². The zero-order valence-electron chi connectivity index (χ0n) is 20.4. The van der Waals surface area contributed by atoms with Gasteiger partial charge in [0.05, 0.1) is 17.9 Å². The van der Waals surface area contributed by atoms with Gasteiger partial charge in [-0.2, -0.15) is 0 Å². The van der Waals surface area contributed by atoms with Gasteiger partial charge in [0.25, 0.3) is 5.91 Å². The van der Waals surface area contributed by atoms with Crippen molar-refractivity contribution in [2.45, 2.75) is 27.2 Å². The van der Waals surface area contributed by atoms with E-state index in [1.807, 2.05) is 66.1 Å². The molecule has 0 aliphatic carbocycles. The van der Waals surface area contributed by atoms with Crippen LogP contribution in [0.1, 0.15) is 44.5 Å². The molecule has 1 N–H and O–H groups in total. The molecule has 1 amide bonds. The van der Waals surface area contributed by atoms with Gasteiger partial charge in [-0.1, -0.05) is 66.2 Å². The number of hydrogen-bond acceptors (Lipinski definition) is 3. The van der Waals surface area contributed by atoms with Crippen LogP contribution in [0.25, 0.3) is 16.9 Å². The number of ether oxygens (including phenoxy) is 1.